The van der Waals surface area contributed by atoms with Crippen LogP contribution >= 0.6 is 11.6 Å². The highest BCUT2D eigenvalue weighted by atomic mass is 35.5. The Hall–Kier alpha value is -2.40. The fourth-order valence-corrected chi connectivity index (χ4v) is 2.24. The highest BCUT2D eigenvalue weighted by molar-refractivity contribution is 6.33. The Balaban J connectivity index is 1.87. The van der Waals surface area contributed by atoms with Gasteiger partial charge in [-0.1, -0.05) is 17.7 Å². The number of nitrogens with two attached hydrogens (primary N) is 1. The summed E-state index contributed by atoms with van der Waals surface area (Å²) < 4.78 is 11.0. The van der Waals surface area contributed by atoms with Crippen LogP contribution < -0.4 is 20.5 Å². The SMILES string of the molecule is Nc1ccc(NC(=O)c2cccc3c2OCCO3)cc1Cl. The molecule has 0 saturated heterocycles. The van der Waals surface area contributed by atoms with E-state index in [0.717, 1.165) is 0 Å². The number of ether oxygens (including phenoxy) is 2. The van der Waals surface area contributed by atoms with E-state index in [9.17, 15) is 4.79 Å². The molecule has 0 spiro atoms. The van der Waals surface area contributed by atoms with Crippen molar-refractivity contribution in [2.24, 2.45) is 0 Å². The number of anilines is 2. The topological polar surface area (TPSA) is 73.6 Å². The van der Waals surface area contributed by atoms with Gasteiger partial charge in [0.25, 0.3) is 5.91 Å². The second-order valence-corrected chi connectivity index (χ2v) is 4.93. The molecule has 0 atom stereocenters. The highest BCUT2D eigenvalue weighted by Crippen LogP contribution is 2.34. The maximum absolute atomic E-state index is 12.4. The van der Waals surface area contributed by atoms with Gasteiger partial charge in [0.15, 0.2) is 11.5 Å². The zero-order valence-corrected chi connectivity index (χ0v) is 11.8. The zero-order valence-electron chi connectivity index (χ0n) is 11.1. The third-order valence-corrected chi connectivity index (χ3v) is 3.40. The van der Waals surface area contributed by atoms with Gasteiger partial charge in [-0.3, -0.25) is 4.79 Å². The van der Waals surface area contributed by atoms with Crippen molar-refractivity contribution in [3.05, 3.63) is 47.0 Å². The van der Waals surface area contributed by atoms with Gasteiger partial charge in [0.1, 0.15) is 13.2 Å². The normalized spacial score (nSPS) is 12.8. The largest absolute Gasteiger partial charge is 0.486 e. The van der Waals surface area contributed by atoms with Crippen LogP contribution in [0.25, 0.3) is 0 Å². The number of halogens is 1. The number of fused-ring (bicyclic) bond motifs is 1. The molecule has 108 valence electrons. The summed E-state index contributed by atoms with van der Waals surface area (Å²) in [6.07, 6.45) is 0. The molecule has 3 N–H and O–H groups in total. The molecule has 3 rings (SSSR count). The number of amides is 1. The molecular formula is C15H13ClN2O3. The summed E-state index contributed by atoms with van der Waals surface area (Å²) >= 11 is 5.94. The van der Waals surface area contributed by atoms with Gasteiger partial charge >= 0.3 is 0 Å². The van der Waals surface area contributed by atoms with Crippen molar-refractivity contribution in [3.63, 3.8) is 0 Å². The molecule has 0 saturated carbocycles. The number of para-hydroxylation sites is 1. The maximum atomic E-state index is 12.4. The zero-order chi connectivity index (χ0) is 14.8. The number of carbonyl (C=O) groups excluding carboxylic acids is 1. The smallest absolute Gasteiger partial charge is 0.259 e. The Morgan fingerprint density at radius 3 is 2.81 bits per heavy atom. The Labute approximate surface area is 126 Å². The predicted molar refractivity (Wildman–Crippen MR) is 81.2 cm³/mol. The first kappa shape index (κ1) is 13.6. The molecule has 1 aliphatic rings. The third kappa shape index (κ3) is 2.73. The second-order valence-electron chi connectivity index (χ2n) is 4.52. The van der Waals surface area contributed by atoms with E-state index < -0.39 is 0 Å². The Kier molecular flexibility index (Phi) is 3.58. The molecule has 21 heavy (non-hydrogen) atoms. The van der Waals surface area contributed by atoms with Gasteiger partial charge in [-0.15, -0.1) is 0 Å². The van der Waals surface area contributed by atoms with E-state index in [1.54, 1.807) is 36.4 Å². The van der Waals surface area contributed by atoms with E-state index in [-0.39, 0.29) is 5.91 Å². The number of hydrogen-bond donors (Lipinski definition) is 2. The van der Waals surface area contributed by atoms with Gasteiger partial charge in [-0.2, -0.15) is 0 Å². The fraction of sp³-hybridized carbons (Fsp3) is 0.133. The molecule has 0 bridgehead atoms. The fourth-order valence-electron chi connectivity index (χ4n) is 2.06. The average Bonchev–Trinajstić information content (AvgIpc) is 2.50. The minimum Gasteiger partial charge on any atom is -0.486 e. The Morgan fingerprint density at radius 2 is 2.00 bits per heavy atom. The lowest BCUT2D eigenvalue weighted by Gasteiger charge is -2.20. The van der Waals surface area contributed by atoms with Crippen molar-refractivity contribution in [2.45, 2.75) is 0 Å². The molecule has 1 heterocycles. The first-order valence-electron chi connectivity index (χ1n) is 6.40. The van der Waals surface area contributed by atoms with E-state index in [0.29, 0.717) is 46.7 Å². The van der Waals surface area contributed by atoms with E-state index >= 15 is 0 Å². The molecule has 2 aromatic rings. The first-order chi connectivity index (χ1) is 10.1. The molecule has 0 aliphatic carbocycles. The lowest BCUT2D eigenvalue weighted by Crippen LogP contribution is -2.20. The minimum absolute atomic E-state index is 0.293. The molecular weight excluding hydrogens is 292 g/mol. The van der Waals surface area contributed by atoms with Crippen molar-refractivity contribution >= 4 is 28.9 Å². The van der Waals surface area contributed by atoms with Crippen LogP contribution in [0, 0.1) is 0 Å². The van der Waals surface area contributed by atoms with Gasteiger partial charge in [0, 0.05) is 5.69 Å². The van der Waals surface area contributed by atoms with Crippen LogP contribution in [0.3, 0.4) is 0 Å². The van der Waals surface area contributed by atoms with Crippen molar-refractivity contribution in [1.82, 2.24) is 0 Å². The van der Waals surface area contributed by atoms with Gasteiger partial charge in [0.05, 0.1) is 16.3 Å². The van der Waals surface area contributed by atoms with E-state index in [2.05, 4.69) is 5.32 Å². The average molecular weight is 305 g/mol. The van der Waals surface area contributed by atoms with Gasteiger partial charge in [0.2, 0.25) is 0 Å². The molecule has 0 unspecified atom stereocenters. The van der Waals surface area contributed by atoms with Crippen molar-refractivity contribution in [2.75, 3.05) is 24.3 Å². The quantitative estimate of drug-likeness (QED) is 0.837. The van der Waals surface area contributed by atoms with Crippen molar-refractivity contribution in [1.29, 1.82) is 0 Å². The van der Waals surface area contributed by atoms with Crippen LogP contribution in [0.4, 0.5) is 11.4 Å². The molecule has 1 aliphatic heterocycles. The van der Waals surface area contributed by atoms with Crippen LogP contribution in [0.2, 0.25) is 5.02 Å². The minimum atomic E-state index is -0.293. The Bertz CT molecular complexity index is 703. The van der Waals surface area contributed by atoms with Crippen LogP contribution in [0.1, 0.15) is 10.4 Å². The lowest BCUT2D eigenvalue weighted by molar-refractivity contribution is 0.101. The van der Waals surface area contributed by atoms with E-state index in [1.807, 2.05) is 0 Å². The molecule has 0 radical (unpaired) electrons. The molecule has 5 nitrogen and oxygen atoms in total. The number of hydrogen-bond acceptors (Lipinski definition) is 4. The van der Waals surface area contributed by atoms with Gasteiger partial charge in [-0.05, 0) is 30.3 Å². The molecule has 0 aromatic heterocycles. The predicted octanol–water partition coefficient (Wildman–Crippen LogP) is 2.95. The van der Waals surface area contributed by atoms with Crippen LogP contribution in [-0.4, -0.2) is 19.1 Å². The number of nitrogens with one attached hydrogen (secondary N) is 1. The maximum Gasteiger partial charge on any atom is 0.259 e. The standard InChI is InChI=1S/C15H13ClN2O3/c16-11-8-9(4-5-12(11)17)18-15(19)10-2-1-3-13-14(10)21-7-6-20-13/h1-5,8H,6-7,17H2,(H,18,19). The monoisotopic (exact) mass is 304 g/mol. The Morgan fingerprint density at radius 1 is 1.19 bits per heavy atom. The number of rotatable bonds is 2. The number of nitrogen functional groups attached to an aromatic ring is 1. The summed E-state index contributed by atoms with van der Waals surface area (Å²) in [4.78, 5) is 12.4. The highest BCUT2D eigenvalue weighted by Gasteiger charge is 2.20. The lowest BCUT2D eigenvalue weighted by atomic mass is 10.1. The third-order valence-electron chi connectivity index (χ3n) is 3.07. The summed E-state index contributed by atoms with van der Waals surface area (Å²) in [5.41, 5.74) is 7.08. The van der Waals surface area contributed by atoms with Crippen LogP contribution in [-0.2, 0) is 0 Å². The summed E-state index contributed by atoms with van der Waals surface area (Å²) in [7, 11) is 0. The molecule has 1 amide bonds. The van der Waals surface area contributed by atoms with Crippen molar-refractivity contribution < 1.29 is 14.3 Å². The number of carbonyl (C=O) groups is 1. The molecule has 2 aromatic carbocycles. The molecule has 6 heteroatoms. The van der Waals surface area contributed by atoms with Crippen LogP contribution in [0.15, 0.2) is 36.4 Å². The van der Waals surface area contributed by atoms with Gasteiger partial charge in [-0.25, -0.2) is 0 Å². The van der Waals surface area contributed by atoms with E-state index in [1.165, 1.54) is 0 Å². The van der Waals surface area contributed by atoms with Crippen LogP contribution in [0.5, 0.6) is 11.5 Å². The summed E-state index contributed by atoms with van der Waals surface area (Å²) in [5.74, 6) is 0.741. The number of benzene rings is 2. The van der Waals surface area contributed by atoms with E-state index in [4.69, 9.17) is 26.8 Å². The summed E-state index contributed by atoms with van der Waals surface area (Å²) in [5, 5.41) is 3.15. The summed E-state index contributed by atoms with van der Waals surface area (Å²) in [6.45, 7) is 0.899. The van der Waals surface area contributed by atoms with Crippen molar-refractivity contribution in [3.8, 4) is 11.5 Å². The van der Waals surface area contributed by atoms with Gasteiger partial charge < -0.3 is 20.5 Å². The first-order valence-corrected chi connectivity index (χ1v) is 6.78. The second kappa shape index (κ2) is 5.54. The summed E-state index contributed by atoms with van der Waals surface area (Å²) in [6, 6.07) is 10.1. The molecule has 0 fully saturated rings.